The van der Waals surface area contributed by atoms with Crippen molar-refractivity contribution in [3.63, 3.8) is 0 Å². The summed E-state index contributed by atoms with van der Waals surface area (Å²) < 4.78 is 10.7. The number of rotatable bonds is 5. The summed E-state index contributed by atoms with van der Waals surface area (Å²) in [6, 6.07) is 12.3. The SMILES string of the molecule is CC(NC(=O)c1ccc(CN2C(=O)CCC2=O)cc1)c1ccc2c(c1)OCO2. The summed E-state index contributed by atoms with van der Waals surface area (Å²) in [5.74, 6) is 0.876. The number of carbonyl (C=O) groups is 3. The van der Waals surface area contributed by atoms with E-state index in [9.17, 15) is 14.4 Å². The summed E-state index contributed by atoms with van der Waals surface area (Å²) in [7, 11) is 0. The Labute approximate surface area is 162 Å². The zero-order chi connectivity index (χ0) is 19.7. The van der Waals surface area contributed by atoms with Gasteiger partial charge in [0.05, 0.1) is 12.6 Å². The predicted octanol–water partition coefficient (Wildman–Crippen LogP) is 2.56. The Kier molecular flexibility index (Phi) is 4.73. The summed E-state index contributed by atoms with van der Waals surface area (Å²) >= 11 is 0. The van der Waals surface area contributed by atoms with E-state index in [1.54, 1.807) is 24.3 Å². The molecule has 0 radical (unpaired) electrons. The Bertz CT molecular complexity index is 922. The van der Waals surface area contributed by atoms with Crippen molar-refractivity contribution in [1.29, 1.82) is 0 Å². The molecule has 2 aromatic rings. The van der Waals surface area contributed by atoms with Gasteiger partial charge in [0.1, 0.15) is 0 Å². The van der Waals surface area contributed by atoms with Gasteiger partial charge in [-0.1, -0.05) is 18.2 Å². The van der Waals surface area contributed by atoms with Crippen LogP contribution in [0.15, 0.2) is 42.5 Å². The van der Waals surface area contributed by atoms with Gasteiger partial charge in [-0.05, 0) is 42.3 Å². The lowest BCUT2D eigenvalue weighted by molar-refractivity contribution is -0.139. The molecule has 0 saturated carbocycles. The minimum atomic E-state index is -0.207. The van der Waals surface area contributed by atoms with E-state index < -0.39 is 0 Å². The van der Waals surface area contributed by atoms with Crippen LogP contribution in [0.1, 0.15) is 47.3 Å². The average Bonchev–Trinajstić information content (AvgIpc) is 3.29. The van der Waals surface area contributed by atoms with Crippen LogP contribution < -0.4 is 14.8 Å². The van der Waals surface area contributed by atoms with Crippen molar-refractivity contribution in [2.75, 3.05) is 6.79 Å². The van der Waals surface area contributed by atoms with Crippen LogP contribution >= 0.6 is 0 Å². The largest absolute Gasteiger partial charge is 0.454 e. The molecule has 1 saturated heterocycles. The lowest BCUT2D eigenvalue weighted by Crippen LogP contribution is -2.28. The van der Waals surface area contributed by atoms with Crippen LogP contribution in [0.25, 0.3) is 0 Å². The van der Waals surface area contributed by atoms with E-state index in [0.717, 1.165) is 11.1 Å². The highest BCUT2D eigenvalue weighted by Crippen LogP contribution is 2.34. The number of nitrogens with one attached hydrogen (secondary N) is 1. The highest BCUT2D eigenvalue weighted by atomic mass is 16.7. The molecule has 0 spiro atoms. The Morgan fingerprint density at radius 1 is 1.04 bits per heavy atom. The first-order valence-electron chi connectivity index (χ1n) is 9.14. The number of fused-ring (bicyclic) bond motifs is 1. The Morgan fingerprint density at radius 2 is 1.71 bits per heavy atom. The smallest absolute Gasteiger partial charge is 0.251 e. The fourth-order valence-electron chi connectivity index (χ4n) is 3.29. The molecule has 4 rings (SSSR count). The number of hydrogen-bond donors (Lipinski definition) is 1. The highest BCUT2D eigenvalue weighted by molar-refractivity contribution is 6.01. The first-order valence-corrected chi connectivity index (χ1v) is 9.14. The third kappa shape index (κ3) is 3.55. The van der Waals surface area contributed by atoms with Gasteiger partial charge >= 0.3 is 0 Å². The molecular formula is C21H20N2O5. The first kappa shape index (κ1) is 18.0. The van der Waals surface area contributed by atoms with Gasteiger partial charge in [-0.3, -0.25) is 19.3 Å². The van der Waals surface area contributed by atoms with E-state index in [1.165, 1.54) is 4.90 Å². The molecule has 2 aromatic carbocycles. The van der Waals surface area contributed by atoms with Crippen molar-refractivity contribution >= 4 is 17.7 Å². The molecule has 2 aliphatic rings. The normalized spacial score (nSPS) is 16.4. The summed E-state index contributed by atoms with van der Waals surface area (Å²) in [5.41, 5.74) is 2.24. The van der Waals surface area contributed by atoms with Crippen LogP contribution in [-0.4, -0.2) is 29.4 Å². The Balaban J connectivity index is 1.39. The van der Waals surface area contributed by atoms with Crippen LogP contribution in [0.4, 0.5) is 0 Å². The summed E-state index contributed by atoms with van der Waals surface area (Å²) in [5, 5.41) is 2.96. The summed E-state index contributed by atoms with van der Waals surface area (Å²) in [6.07, 6.45) is 0.550. The van der Waals surface area contributed by atoms with Crippen molar-refractivity contribution in [3.8, 4) is 11.5 Å². The maximum Gasteiger partial charge on any atom is 0.251 e. The van der Waals surface area contributed by atoms with Gasteiger partial charge in [0.2, 0.25) is 18.6 Å². The number of ether oxygens (including phenoxy) is 2. The molecule has 7 nitrogen and oxygen atoms in total. The topological polar surface area (TPSA) is 84.9 Å². The average molecular weight is 380 g/mol. The summed E-state index contributed by atoms with van der Waals surface area (Å²) in [4.78, 5) is 37.2. The van der Waals surface area contributed by atoms with Gasteiger partial charge in [0.15, 0.2) is 11.5 Å². The van der Waals surface area contributed by atoms with Crippen molar-refractivity contribution in [1.82, 2.24) is 10.2 Å². The van der Waals surface area contributed by atoms with E-state index in [4.69, 9.17) is 9.47 Å². The van der Waals surface area contributed by atoms with Crippen molar-refractivity contribution in [3.05, 3.63) is 59.2 Å². The van der Waals surface area contributed by atoms with Gasteiger partial charge in [0, 0.05) is 18.4 Å². The lowest BCUT2D eigenvalue weighted by atomic mass is 10.1. The molecule has 1 N–H and O–H groups in total. The molecule has 1 unspecified atom stereocenters. The van der Waals surface area contributed by atoms with Crippen LogP contribution in [0, 0.1) is 0 Å². The van der Waals surface area contributed by atoms with Gasteiger partial charge in [-0.2, -0.15) is 0 Å². The minimum absolute atomic E-state index is 0.149. The molecule has 2 aliphatic heterocycles. The maximum absolute atomic E-state index is 12.5. The molecule has 0 bridgehead atoms. The summed E-state index contributed by atoms with van der Waals surface area (Å²) in [6.45, 7) is 2.35. The van der Waals surface area contributed by atoms with E-state index >= 15 is 0 Å². The molecule has 0 aromatic heterocycles. The van der Waals surface area contributed by atoms with Crippen LogP contribution in [0.3, 0.4) is 0 Å². The van der Waals surface area contributed by atoms with Crippen LogP contribution in [0.5, 0.6) is 11.5 Å². The lowest BCUT2D eigenvalue weighted by Gasteiger charge is -2.16. The molecule has 0 aliphatic carbocycles. The number of amides is 3. The standard InChI is InChI=1S/C21H20N2O5/c1-13(16-6-7-17-18(10-16)28-12-27-17)22-21(26)15-4-2-14(3-5-15)11-23-19(24)8-9-20(23)25/h2-7,10,13H,8-9,11-12H2,1H3,(H,22,26). The number of imide groups is 1. The maximum atomic E-state index is 12.5. The van der Waals surface area contributed by atoms with E-state index in [0.29, 0.717) is 17.1 Å². The second kappa shape index (κ2) is 7.34. The molecular weight excluding hydrogens is 360 g/mol. The number of benzene rings is 2. The quantitative estimate of drug-likeness (QED) is 0.806. The predicted molar refractivity (Wildman–Crippen MR) is 99.7 cm³/mol. The first-order chi connectivity index (χ1) is 13.5. The molecule has 144 valence electrons. The van der Waals surface area contributed by atoms with Gasteiger partial charge in [-0.15, -0.1) is 0 Å². The Hall–Kier alpha value is -3.35. The number of carbonyl (C=O) groups excluding carboxylic acids is 3. The monoisotopic (exact) mass is 380 g/mol. The third-order valence-corrected chi connectivity index (χ3v) is 4.96. The van der Waals surface area contributed by atoms with E-state index in [2.05, 4.69) is 5.32 Å². The minimum Gasteiger partial charge on any atom is -0.454 e. The second-order valence-electron chi connectivity index (χ2n) is 6.88. The van der Waals surface area contributed by atoms with Gasteiger partial charge in [0.25, 0.3) is 5.91 Å². The van der Waals surface area contributed by atoms with Gasteiger partial charge in [-0.25, -0.2) is 0 Å². The van der Waals surface area contributed by atoms with E-state index in [1.807, 2.05) is 25.1 Å². The van der Waals surface area contributed by atoms with Crippen LogP contribution in [0.2, 0.25) is 0 Å². The fourth-order valence-corrected chi connectivity index (χ4v) is 3.29. The van der Waals surface area contributed by atoms with Gasteiger partial charge < -0.3 is 14.8 Å². The number of hydrogen-bond acceptors (Lipinski definition) is 5. The van der Waals surface area contributed by atoms with Crippen molar-refractivity contribution in [2.24, 2.45) is 0 Å². The van der Waals surface area contributed by atoms with Crippen LogP contribution in [-0.2, 0) is 16.1 Å². The Morgan fingerprint density at radius 3 is 2.43 bits per heavy atom. The van der Waals surface area contributed by atoms with Crippen molar-refractivity contribution < 1.29 is 23.9 Å². The number of likely N-dealkylation sites (tertiary alicyclic amines) is 1. The molecule has 28 heavy (non-hydrogen) atoms. The molecule has 2 heterocycles. The molecule has 3 amide bonds. The number of nitrogens with zero attached hydrogens (tertiary/aromatic N) is 1. The second-order valence-corrected chi connectivity index (χ2v) is 6.88. The van der Waals surface area contributed by atoms with E-state index in [-0.39, 0.29) is 49.9 Å². The zero-order valence-electron chi connectivity index (χ0n) is 15.4. The third-order valence-electron chi connectivity index (χ3n) is 4.96. The highest BCUT2D eigenvalue weighted by Gasteiger charge is 2.28. The molecule has 7 heteroatoms. The zero-order valence-corrected chi connectivity index (χ0v) is 15.4. The fraction of sp³-hybridized carbons (Fsp3) is 0.286. The van der Waals surface area contributed by atoms with Crippen molar-refractivity contribution in [2.45, 2.75) is 32.4 Å². The molecule has 1 fully saturated rings. The molecule has 1 atom stereocenters.